The second kappa shape index (κ2) is 5.64. The van der Waals surface area contributed by atoms with Crippen molar-refractivity contribution in [2.75, 3.05) is 12.8 Å². The number of rotatable bonds is 4. The van der Waals surface area contributed by atoms with E-state index in [1.807, 2.05) is 30.5 Å². The number of aryl methyl sites for hydroxylation is 1. The Labute approximate surface area is 109 Å². The molecule has 2 rings (SSSR count). The standard InChI is InChI=1S/C13H14N2O2S/c1-17-13(16)7-6-12-15-8-11(18-12)9-2-4-10(14)5-3-9/h2-5,8H,6-7,14H2,1H3. The Hall–Kier alpha value is -1.88. The third kappa shape index (κ3) is 3.07. The number of methoxy groups -OCH3 is 1. The largest absolute Gasteiger partial charge is 0.469 e. The molecule has 1 aromatic heterocycles. The van der Waals surface area contributed by atoms with Crippen LogP contribution in [0.1, 0.15) is 11.4 Å². The van der Waals surface area contributed by atoms with Gasteiger partial charge in [0.2, 0.25) is 0 Å². The van der Waals surface area contributed by atoms with Gasteiger partial charge >= 0.3 is 5.97 Å². The number of esters is 1. The van der Waals surface area contributed by atoms with Gasteiger partial charge in [0, 0.05) is 18.3 Å². The maximum atomic E-state index is 11.0. The summed E-state index contributed by atoms with van der Waals surface area (Å²) in [7, 11) is 1.39. The van der Waals surface area contributed by atoms with Crippen LogP contribution in [-0.4, -0.2) is 18.1 Å². The highest BCUT2D eigenvalue weighted by Gasteiger charge is 2.07. The zero-order chi connectivity index (χ0) is 13.0. The van der Waals surface area contributed by atoms with Gasteiger partial charge in [-0.1, -0.05) is 12.1 Å². The summed E-state index contributed by atoms with van der Waals surface area (Å²) in [5.41, 5.74) is 7.48. The molecule has 0 aliphatic carbocycles. The van der Waals surface area contributed by atoms with E-state index >= 15 is 0 Å². The Balaban J connectivity index is 2.06. The Kier molecular flexibility index (Phi) is 3.94. The first-order valence-corrected chi connectivity index (χ1v) is 6.38. The first-order chi connectivity index (χ1) is 8.69. The van der Waals surface area contributed by atoms with Crippen LogP contribution in [-0.2, 0) is 16.0 Å². The highest BCUT2D eigenvalue weighted by atomic mass is 32.1. The van der Waals surface area contributed by atoms with Gasteiger partial charge in [-0.3, -0.25) is 4.79 Å². The SMILES string of the molecule is COC(=O)CCc1ncc(-c2ccc(N)cc2)s1. The van der Waals surface area contributed by atoms with Crippen LogP contribution in [0.3, 0.4) is 0 Å². The van der Waals surface area contributed by atoms with Crippen molar-refractivity contribution in [1.82, 2.24) is 4.98 Å². The number of carbonyl (C=O) groups excluding carboxylic acids is 1. The average molecular weight is 262 g/mol. The van der Waals surface area contributed by atoms with E-state index in [-0.39, 0.29) is 5.97 Å². The molecule has 5 heteroatoms. The van der Waals surface area contributed by atoms with E-state index in [0.717, 1.165) is 21.1 Å². The number of nitrogens with two attached hydrogens (primary N) is 1. The number of aromatic nitrogens is 1. The van der Waals surface area contributed by atoms with Crippen LogP contribution in [0.15, 0.2) is 30.5 Å². The van der Waals surface area contributed by atoms with Gasteiger partial charge in [0.15, 0.2) is 0 Å². The number of hydrogen-bond acceptors (Lipinski definition) is 5. The fourth-order valence-electron chi connectivity index (χ4n) is 1.52. The van der Waals surface area contributed by atoms with E-state index in [9.17, 15) is 4.79 Å². The molecule has 0 aliphatic heterocycles. The van der Waals surface area contributed by atoms with Crippen molar-refractivity contribution in [1.29, 1.82) is 0 Å². The molecule has 1 aromatic carbocycles. The summed E-state index contributed by atoms with van der Waals surface area (Å²) in [6.07, 6.45) is 2.81. The topological polar surface area (TPSA) is 65.2 Å². The molecule has 0 saturated carbocycles. The molecule has 0 atom stereocenters. The Morgan fingerprint density at radius 2 is 2.11 bits per heavy atom. The van der Waals surface area contributed by atoms with E-state index in [0.29, 0.717) is 12.8 Å². The second-order valence-electron chi connectivity index (χ2n) is 3.82. The molecule has 2 N–H and O–H groups in total. The first kappa shape index (κ1) is 12.6. The molecular formula is C13H14N2O2S. The van der Waals surface area contributed by atoms with Crippen molar-refractivity contribution in [2.24, 2.45) is 0 Å². The lowest BCUT2D eigenvalue weighted by molar-refractivity contribution is -0.140. The molecular weight excluding hydrogens is 248 g/mol. The molecule has 0 spiro atoms. The fourth-order valence-corrected chi connectivity index (χ4v) is 2.44. The van der Waals surface area contributed by atoms with Gasteiger partial charge in [0.25, 0.3) is 0 Å². The number of nitrogens with zero attached hydrogens (tertiary/aromatic N) is 1. The van der Waals surface area contributed by atoms with Crippen molar-refractivity contribution in [3.05, 3.63) is 35.5 Å². The third-order valence-corrected chi connectivity index (χ3v) is 3.63. The predicted octanol–water partition coefficient (Wildman–Crippen LogP) is 2.50. The Morgan fingerprint density at radius 3 is 2.78 bits per heavy atom. The van der Waals surface area contributed by atoms with Gasteiger partial charge in [-0.15, -0.1) is 11.3 Å². The molecule has 0 fully saturated rings. The Bertz CT molecular complexity index is 534. The first-order valence-electron chi connectivity index (χ1n) is 5.56. The minimum atomic E-state index is -0.209. The van der Waals surface area contributed by atoms with Crippen molar-refractivity contribution in [3.63, 3.8) is 0 Å². The van der Waals surface area contributed by atoms with Crippen LogP contribution in [0, 0.1) is 0 Å². The van der Waals surface area contributed by atoms with E-state index in [1.165, 1.54) is 7.11 Å². The minimum Gasteiger partial charge on any atom is -0.469 e. The monoisotopic (exact) mass is 262 g/mol. The van der Waals surface area contributed by atoms with Crippen LogP contribution in [0.25, 0.3) is 10.4 Å². The quantitative estimate of drug-likeness (QED) is 0.679. The zero-order valence-corrected chi connectivity index (χ0v) is 10.9. The minimum absolute atomic E-state index is 0.209. The van der Waals surface area contributed by atoms with Crippen LogP contribution in [0.2, 0.25) is 0 Å². The average Bonchev–Trinajstić information content (AvgIpc) is 2.85. The number of thiazole rings is 1. The van der Waals surface area contributed by atoms with Crippen LogP contribution >= 0.6 is 11.3 Å². The second-order valence-corrected chi connectivity index (χ2v) is 4.93. The third-order valence-electron chi connectivity index (χ3n) is 2.52. The number of carbonyl (C=O) groups is 1. The maximum Gasteiger partial charge on any atom is 0.305 e. The van der Waals surface area contributed by atoms with Crippen LogP contribution in [0.4, 0.5) is 5.69 Å². The molecule has 1 heterocycles. The molecule has 2 aromatic rings. The summed E-state index contributed by atoms with van der Waals surface area (Å²) >= 11 is 1.58. The summed E-state index contributed by atoms with van der Waals surface area (Å²) in [5.74, 6) is -0.209. The van der Waals surface area contributed by atoms with Crippen molar-refractivity contribution < 1.29 is 9.53 Å². The van der Waals surface area contributed by atoms with E-state index in [1.54, 1.807) is 11.3 Å². The van der Waals surface area contributed by atoms with Crippen LogP contribution < -0.4 is 5.73 Å². The molecule has 0 aliphatic rings. The number of benzene rings is 1. The highest BCUT2D eigenvalue weighted by molar-refractivity contribution is 7.15. The maximum absolute atomic E-state index is 11.0. The lowest BCUT2D eigenvalue weighted by Gasteiger charge is -1.97. The van der Waals surface area contributed by atoms with Gasteiger partial charge in [-0.05, 0) is 17.7 Å². The Morgan fingerprint density at radius 1 is 1.39 bits per heavy atom. The van der Waals surface area contributed by atoms with Crippen molar-refractivity contribution in [3.8, 4) is 10.4 Å². The number of nitrogen functional groups attached to an aromatic ring is 1. The van der Waals surface area contributed by atoms with E-state index < -0.39 is 0 Å². The summed E-state index contributed by atoms with van der Waals surface area (Å²) in [6, 6.07) is 7.66. The van der Waals surface area contributed by atoms with Crippen molar-refractivity contribution >= 4 is 23.0 Å². The molecule has 18 heavy (non-hydrogen) atoms. The van der Waals surface area contributed by atoms with E-state index in [2.05, 4.69) is 9.72 Å². The van der Waals surface area contributed by atoms with Gasteiger partial charge < -0.3 is 10.5 Å². The molecule has 0 saturated heterocycles. The lowest BCUT2D eigenvalue weighted by Crippen LogP contribution is -2.01. The molecule has 4 nitrogen and oxygen atoms in total. The summed E-state index contributed by atoms with van der Waals surface area (Å²) in [4.78, 5) is 16.4. The predicted molar refractivity (Wildman–Crippen MR) is 72.3 cm³/mol. The van der Waals surface area contributed by atoms with Crippen LogP contribution in [0.5, 0.6) is 0 Å². The van der Waals surface area contributed by atoms with Gasteiger partial charge in [-0.2, -0.15) is 0 Å². The van der Waals surface area contributed by atoms with E-state index in [4.69, 9.17) is 5.73 Å². The molecule has 0 radical (unpaired) electrons. The summed E-state index contributed by atoms with van der Waals surface area (Å²) in [6.45, 7) is 0. The lowest BCUT2D eigenvalue weighted by atomic mass is 10.2. The molecule has 0 amide bonds. The normalized spacial score (nSPS) is 10.3. The smallest absolute Gasteiger partial charge is 0.305 e. The summed E-state index contributed by atoms with van der Waals surface area (Å²) in [5, 5.41) is 0.937. The molecule has 0 unspecified atom stereocenters. The number of anilines is 1. The number of ether oxygens (including phenoxy) is 1. The molecule has 94 valence electrons. The van der Waals surface area contributed by atoms with Gasteiger partial charge in [0.05, 0.1) is 23.4 Å². The fraction of sp³-hybridized carbons (Fsp3) is 0.231. The number of hydrogen-bond donors (Lipinski definition) is 1. The highest BCUT2D eigenvalue weighted by Crippen LogP contribution is 2.27. The summed E-state index contributed by atoms with van der Waals surface area (Å²) < 4.78 is 4.60. The molecule has 0 bridgehead atoms. The zero-order valence-electron chi connectivity index (χ0n) is 10.1. The van der Waals surface area contributed by atoms with Gasteiger partial charge in [0.1, 0.15) is 0 Å². The van der Waals surface area contributed by atoms with Gasteiger partial charge in [-0.25, -0.2) is 4.98 Å². The van der Waals surface area contributed by atoms with Crippen molar-refractivity contribution in [2.45, 2.75) is 12.8 Å².